The molecule has 3 aromatic heterocycles. The number of nitrogens with zero attached hydrogens (tertiary/aromatic N) is 4. The minimum absolute atomic E-state index is 0.0153. The van der Waals surface area contributed by atoms with Crippen LogP contribution in [-0.2, 0) is 0 Å². The van der Waals surface area contributed by atoms with Gasteiger partial charge < -0.3 is 4.57 Å². The first-order chi connectivity index (χ1) is 24.3. The third-order valence-corrected chi connectivity index (χ3v) is 9.78. The van der Waals surface area contributed by atoms with Gasteiger partial charge in [0.05, 0.1) is 39.5 Å². The highest BCUT2D eigenvalue weighted by atomic mass is 15.1. The standard InChI is InChI=1S/C45H30N4/c1-3-12-30(13-4-1)38-25-26-40(46-38)39-18-11-21-45(47-39)49-42-20-10-8-17-35(42)37-28-31(23-27-43(37)49)32-22-24-36-34-16-7-9-19-41(34)48(44(36)29-32)33-14-5-2-6-15-33/h1-29,38H. The van der Waals surface area contributed by atoms with Crippen molar-refractivity contribution < 1.29 is 0 Å². The lowest BCUT2D eigenvalue weighted by Gasteiger charge is -2.10. The summed E-state index contributed by atoms with van der Waals surface area (Å²) in [6, 6.07) is 58.3. The zero-order chi connectivity index (χ0) is 32.3. The fourth-order valence-corrected chi connectivity index (χ4v) is 7.50. The maximum absolute atomic E-state index is 5.18. The average molecular weight is 627 g/mol. The van der Waals surface area contributed by atoms with Crippen LogP contribution in [0, 0.1) is 0 Å². The third kappa shape index (κ3) is 4.45. The van der Waals surface area contributed by atoms with Crippen molar-refractivity contribution in [3.63, 3.8) is 0 Å². The molecule has 0 spiro atoms. The van der Waals surface area contributed by atoms with Crippen molar-refractivity contribution in [3.05, 3.63) is 187 Å². The molecular formula is C45H30N4. The molecule has 4 heterocycles. The van der Waals surface area contributed by atoms with Crippen LogP contribution in [0.1, 0.15) is 17.3 Å². The number of pyridine rings is 1. The molecule has 0 fully saturated rings. The maximum Gasteiger partial charge on any atom is 0.138 e. The molecule has 0 amide bonds. The van der Waals surface area contributed by atoms with Crippen molar-refractivity contribution in [1.29, 1.82) is 0 Å². The summed E-state index contributed by atoms with van der Waals surface area (Å²) in [6.07, 6.45) is 4.24. The highest BCUT2D eigenvalue weighted by Crippen LogP contribution is 2.38. The third-order valence-electron chi connectivity index (χ3n) is 9.78. The van der Waals surface area contributed by atoms with Crippen molar-refractivity contribution in [3.8, 4) is 22.6 Å². The first-order valence-electron chi connectivity index (χ1n) is 16.7. The Morgan fingerprint density at radius 3 is 1.90 bits per heavy atom. The second-order valence-electron chi connectivity index (χ2n) is 12.6. The van der Waals surface area contributed by atoms with Gasteiger partial charge in [-0.2, -0.15) is 0 Å². The van der Waals surface area contributed by atoms with Gasteiger partial charge in [-0.25, -0.2) is 4.98 Å². The summed E-state index contributed by atoms with van der Waals surface area (Å²) in [7, 11) is 0. The van der Waals surface area contributed by atoms with Crippen LogP contribution in [0.4, 0.5) is 0 Å². The van der Waals surface area contributed by atoms with Crippen molar-refractivity contribution in [2.45, 2.75) is 6.04 Å². The highest BCUT2D eigenvalue weighted by molar-refractivity contribution is 6.13. The van der Waals surface area contributed by atoms with Gasteiger partial charge in [-0.1, -0.05) is 115 Å². The second-order valence-corrected chi connectivity index (χ2v) is 12.6. The van der Waals surface area contributed by atoms with Gasteiger partial charge >= 0.3 is 0 Å². The van der Waals surface area contributed by atoms with Crippen LogP contribution < -0.4 is 0 Å². The molecule has 4 nitrogen and oxygen atoms in total. The minimum Gasteiger partial charge on any atom is -0.309 e. The van der Waals surface area contributed by atoms with Crippen LogP contribution in [0.3, 0.4) is 0 Å². The summed E-state index contributed by atoms with van der Waals surface area (Å²) < 4.78 is 4.66. The van der Waals surface area contributed by atoms with Crippen LogP contribution >= 0.6 is 0 Å². The van der Waals surface area contributed by atoms with Crippen LogP contribution in [0.5, 0.6) is 0 Å². The molecule has 6 aromatic carbocycles. The van der Waals surface area contributed by atoms with Gasteiger partial charge in [0.1, 0.15) is 5.82 Å². The molecule has 1 unspecified atom stereocenters. The molecule has 10 rings (SSSR count). The second kappa shape index (κ2) is 11.0. The van der Waals surface area contributed by atoms with Gasteiger partial charge in [0.15, 0.2) is 0 Å². The molecule has 9 aromatic rings. The number of aliphatic imine (C=N–C) groups is 1. The molecule has 4 heteroatoms. The van der Waals surface area contributed by atoms with Gasteiger partial charge in [-0.05, 0) is 77.4 Å². The summed E-state index contributed by atoms with van der Waals surface area (Å²) in [4.78, 5) is 10.2. The lowest BCUT2D eigenvalue weighted by Crippen LogP contribution is -2.04. The molecule has 1 atom stereocenters. The van der Waals surface area contributed by atoms with E-state index in [1.54, 1.807) is 0 Å². The predicted molar refractivity (Wildman–Crippen MR) is 203 cm³/mol. The van der Waals surface area contributed by atoms with Crippen molar-refractivity contribution in [2.75, 3.05) is 0 Å². The van der Waals surface area contributed by atoms with Gasteiger partial charge in [-0.3, -0.25) is 9.56 Å². The summed E-state index contributed by atoms with van der Waals surface area (Å²) in [5.41, 5.74) is 11.2. The van der Waals surface area contributed by atoms with E-state index in [2.05, 4.69) is 179 Å². The van der Waals surface area contributed by atoms with E-state index in [1.165, 1.54) is 49.3 Å². The number of hydrogen-bond acceptors (Lipinski definition) is 2. The summed E-state index contributed by atoms with van der Waals surface area (Å²) in [5.74, 6) is 0.879. The van der Waals surface area contributed by atoms with E-state index in [4.69, 9.17) is 9.98 Å². The normalized spacial score (nSPS) is 14.4. The van der Waals surface area contributed by atoms with Crippen LogP contribution in [0.2, 0.25) is 0 Å². The Bertz CT molecular complexity index is 2770. The predicted octanol–water partition coefficient (Wildman–Crippen LogP) is 11.0. The fourth-order valence-electron chi connectivity index (χ4n) is 7.50. The number of fused-ring (bicyclic) bond motifs is 6. The van der Waals surface area contributed by atoms with Crippen molar-refractivity contribution in [2.24, 2.45) is 4.99 Å². The fraction of sp³-hybridized carbons (Fsp3) is 0.0222. The van der Waals surface area contributed by atoms with Gasteiger partial charge in [0.2, 0.25) is 0 Å². The largest absolute Gasteiger partial charge is 0.309 e. The number of allylic oxidation sites excluding steroid dienone is 1. The first-order valence-corrected chi connectivity index (χ1v) is 16.7. The van der Waals surface area contributed by atoms with Crippen molar-refractivity contribution in [1.82, 2.24) is 14.1 Å². The molecule has 1 aliphatic rings. The zero-order valence-corrected chi connectivity index (χ0v) is 26.6. The molecule has 0 saturated heterocycles. The van der Waals surface area contributed by atoms with E-state index >= 15 is 0 Å². The number of rotatable bonds is 5. The molecular weight excluding hydrogens is 597 g/mol. The van der Waals surface area contributed by atoms with E-state index in [0.29, 0.717) is 0 Å². The van der Waals surface area contributed by atoms with Crippen LogP contribution in [0.25, 0.3) is 66.2 Å². The molecule has 230 valence electrons. The highest BCUT2D eigenvalue weighted by Gasteiger charge is 2.19. The molecule has 1 aliphatic heterocycles. The Morgan fingerprint density at radius 1 is 0.449 bits per heavy atom. The van der Waals surface area contributed by atoms with Gasteiger partial charge in [-0.15, -0.1) is 0 Å². The van der Waals surface area contributed by atoms with E-state index in [9.17, 15) is 0 Å². The molecule has 0 radical (unpaired) electrons. The lowest BCUT2D eigenvalue weighted by atomic mass is 10.0. The molecule has 0 bridgehead atoms. The number of para-hydroxylation sites is 3. The Labute approximate surface area is 283 Å². The smallest absolute Gasteiger partial charge is 0.138 e. The zero-order valence-electron chi connectivity index (χ0n) is 26.6. The molecule has 49 heavy (non-hydrogen) atoms. The molecule has 0 saturated carbocycles. The van der Waals surface area contributed by atoms with Crippen molar-refractivity contribution >= 4 is 49.3 Å². The van der Waals surface area contributed by atoms with E-state index < -0.39 is 0 Å². The van der Waals surface area contributed by atoms with E-state index in [-0.39, 0.29) is 6.04 Å². The Balaban J connectivity index is 1.10. The topological polar surface area (TPSA) is 35.1 Å². The quantitative estimate of drug-likeness (QED) is 0.187. The van der Waals surface area contributed by atoms with Gasteiger partial charge in [0, 0.05) is 27.2 Å². The van der Waals surface area contributed by atoms with Crippen LogP contribution in [-0.4, -0.2) is 19.8 Å². The number of hydrogen-bond donors (Lipinski definition) is 0. The average Bonchev–Trinajstić information content (AvgIpc) is 3.88. The Hall–Kier alpha value is -6.52. The maximum atomic E-state index is 5.18. The molecule has 0 N–H and O–H groups in total. The Morgan fingerprint density at radius 2 is 1.08 bits per heavy atom. The molecule has 0 aliphatic carbocycles. The minimum atomic E-state index is 0.0153. The number of benzene rings is 6. The van der Waals surface area contributed by atoms with Gasteiger partial charge in [0.25, 0.3) is 0 Å². The first kappa shape index (κ1) is 27.6. The Kier molecular flexibility index (Phi) is 6.21. The summed E-state index contributed by atoms with van der Waals surface area (Å²) in [6.45, 7) is 0. The van der Waals surface area contributed by atoms with Crippen LogP contribution in [0.15, 0.2) is 181 Å². The lowest BCUT2D eigenvalue weighted by molar-refractivity contribution is 0.931. The van der Waals surface area contributed by atoms with E-state index in [0.717, 1.165) is 33.9 Å². The monoisotopic (exact) mass is 626 g/mol. The number of aromatic nitrogens is 3. The summed E-state index contributed by atoms with van der Waals surface area (Å²) >= 11 is 0. The summed E-state index contributed by atoms with van der Waals surface area (Å²) in [5, 5.41) is 4.92. The SMILES string of the molecule is C1=CC(c2ccccc2)N=C1c1cccc(-n2c3ccccc3c3cc(-c4ccc5c6ccccc6n(-c6ccccc6)c5c4)ccc32)n1. The van der Waals surface area contributed by atoms with E-state index in [1.807, 2.05) is 6.07 Å².